The van der Waals surface area contributed by atoms with E-state index in [1.165, 1.54) is 11.6 Å². The first kappa shape index (κ1) is 19.3. The standard InChI is InChI=1S/C20H25N5O4/c1-4-23-7-9-24(10-8-23)19(27)16-12-15-17(21(2)20(28)22(3)18(15)26)25(16)13-14-6-5-11-29-14/h5-6,11-12H,4,7-10,13H2,1-3H3. The second kappa shape index (κ2) is 7.40. The van der Waals surface area contributed by atoms with Gasteiger partial charge in [-0.1, -0.05) is 6.92 Å². The van der Waals surface area contributed by atoms with Crippen molar-refractivity contribution in [1.82, 2.24) is 23.5 Å². The van der Waals surface area contributed by atoms with E-state index < -0.39 is 11.2 Å². The summed E-state index contributed by atoms with van der Waals surface area (Å²) < 4.78 is 9.65. The van der Waals surface area contributed by atoms with Gasteiger partial charge in [0, 0.05) is 40.3 Å². The van der Waals surface area contributed by atoms with E-state index in [1.54, 1.807) is 36.1 Å². The maximum absolute atomic E-state index is 13.4. The molecule has 154 valence electrons. The lowest BCUT2D eigenvalue weighted by Crippen LogP contribution is -2.48. The minimum Gasteiger partial charge on any atom is -0.467 e. The van der Waals surface area contributed by atoms with Crippen LogP contribution in [0.25, 0.3) is 11.0 Å². The molecule has 3 aromatic rings. The van der Waals surface area contributed by atoms with Crippen LogP contribution < -0.4 is 11.2 Å². The zero-order valence-corrected chi connectivity index (χ0v) is 16.9. The van der Waals surface area contributed by atoms with Gasteiger partial charge in [-0.25, -0.2) is 4.79 Å². The fraction of sp³-hybridized carbons (Fsp3) is 0.450. The van der Waals surface area contributed by atoms with Crippen molar-refractivity contribution < 1.29 is 9.21 Å². The molecular weight excluding hydrogens is 374 g/mol. The SMILES string of the molecule is CCN1CCN(C(=O)c2cc3c(=O)n(C)c(=O)n(C)c3n2Cc2ccco2)CC1. The van der Waals surface area contributed by atoms with Crippen LogP contribution in [0, 0.1) is 0 Å². The summed E-state index contributed by atoms with van der Waals surface area (Å²) in [6.45, 7) is 6.22. The summed E-state index contributed by atoms with van der Waals surface area (Å²) in [5, 5.41) is 0.344. The second-order valence-electron chi connectivity index (χ2n) is 7.36. The molecule has 0 bridgehead atoms. The summed E-state index contributed by atoms with van der Waals surface area (Å²) in [6.07, 6.45) is 1.56. The van der Waals surface area contributed by atoms with Crippen LogP contribution in [0.5, 0.6) is 0 Å². The number of piperazine rings is 1. The van der Waals surface area contributed by atoms with Gasteiger partial charge in [0.15, 0.2) is 0 Å². The Morgan fingerprint density at radius 2 is 1.83 bits per heavy atom. The summed E-state index contributed by atoms with van der Waals surface area (Å²) in [5.41, 5.74) is -0.0345. The fourth-order valence-corrected chi connectivity index (χ4v) is 3.97. The minimum absolute atomic E-state index is 0.141. The van der Waals surface area contributed by atoms with Crippen molar-refractivity contribution in [1.29, 1.82) is 0 Å². The van der Waals surface area contributed by atoms with Crippen molar-refractivity contribution in [3.63, 3.8) is 0 Å². The topological polar surface area (TPSA) is 85.6 Å². The van der Waals surface area contributed by atoms with Crippen molar-refractivity contribution in [2.24, 2.45) is 14.1 Å². The number of nitrogens with zero attached hydrogens (tertiary/aromatic N) is 5. The van der Waals surface area contributed by atoms with Crippen LogP contribution in [0.4, 0.5) is 0 Å². The van der Waals surface area contributed by atoms with Crippen LogP contribution in [0.2, 0.25) is 0 Å². The molecule has 0 radical (unpaired) electrons. The Morgan fingerprint density at radius 1 is 1.10 bits per heavy atom. The summed E-state index contributed by atoms with van der Waals surface area (Å²) in [4.78, 5) is 42.7. The highest BCUT2D eigenvalue weighted by atomic mass is 16.3. The number of fused-ring (bicyclic) bond motifs is 1. The number of rotatable bonds is 4. The van der Waals surface area contributed by atoms with Gasteiger partial charge in [0.1, 0.15) is 17.1 Å². The van der Waals surface area contributed by atoms with Crippen LogP contribution in [0.1, 0.15) is 23.2 Å². The third-order valence-electron chi connectivity index (χ3n) is 5.71. The molecule has 0 saturated carbocycles. The van der Waals surface area contributed by atoms with Crippen LogP contribution in [0.3, 0.4) is 0 Å². The minimum atomic E-state index is -0.433. The quantitative estimate of drug-likeness (QED) is 0.636. The molecule has 1 aliphatic heterocycles. The number of hydrogen-bond acceptors (Lipinski definition) is 5. The van der Waals surface area contributed by atoms with Crippen molar-refractivity contribution in [3.8, 4) is 0 Å². The summed E-state index contributed by atoms with van der Waals surface area (Å²) in [5.74, 6) is 0.499. The normalized spacial score (nSPS) is 15.3. The lowest BCUT2D eigenvalue weighted by molar-refractivity contribution is 0.0633. The number of likely N-dealkylation sites (N-methyl/N-ethyl adjacent to an activating group) is 1. The number of aromatic nitrogens is 3. The first-order chi connectivity index (χ1) is 13.9. The zero-order chi connectivity index (χ0) is 20.7. The first-order valence-corrected chi connectivity index (χ1v) is 9.75. The number of carbonyl (C=O) groups is 1. The molecule has 0 spiro atoms. The van der Waals surface area contributed by atoms with Crippen molar-refractivity contribution in [3.05, 3.63) is 56.8 Å². The molecule has 1 amide bonds. The maximum atomic E-state index is 13.4. The summed E-state index contributed by atoms with van der Waals surface area (Å²) >= 11 is 0. The van der Waals surface area contributed by atoms with E-state index in [2.05, 4.69) is 11.8 Å². The van der Waals surface area contributed by atoms with E-state index in [0.29, 0.717) is 35.6 Å². The van der Waals surface area contributed by atoms with Gasteiger partial charge in [0.05, 0.1) is 18.2 Å². The number of hydrogen-bond donors (Lipinski definition) is 0. The number of carbonyl (C=O) groups excluding carboxylic acids is 1. The van der Waals surface area contributed by atoms with E-state index in [1.807, 2.05) is 4.90 Å². The van der Waals surface area contributed by atoms with Gasteiger partial charge in [0.2, 0.25) is 0 Å². The van der Waals surface area contributed by atoms with Gasteiger partial charge in [0.25, 0.3) is 11.5 Å². The van der Waals surface area contributed by atoms with Gasteiger partial charge in [-0.15, -0.1) is 0 Å². The van der Waals surface area contributed by atoms with Crippen LogP contribution in [0.15, 0.2) is 38.5 Å². The smallest absolute Gasteiger partial charge is 0.332 e. The van der Waals surface area contributed by atoms with Gasteiger partial charge in [-0.3, -0.25) is 18.7 Å². The Balaban J connectivity index is 1.85. The zero-order valence-electron chi connectivity index (χ0n) is 16.9. The Labute approximate surface area is 167 Å². The predicted molar refractivity (Wildman–Crippen MR) is 108 cm³/mol. The third kappa shape index (κ3) is 3.21. The van der Waals surface area contributed by atoms with E-state index in [0.717, 1.165) is 24.2 Å². The summed E-state index contributed by atoms with van der Waals surface area (Å²) in [6, 6.07) is 5.18. The molecule has 1 aliphatic rings. The van der Waals surface area contributed by atoms with Gasteiger partial charge < -0.3 is 18.8 Å². The molecule has 1 fully saturated rings. The van der Waals surface area contributed by atoms with Crippen molar-refractivity contribution in [2.45, 2.75) is 13.5 Å². The van der Waals surface area contributed by atoms with Gasteiger partial charge in [-0.05, 0) is 24.7 Å². The Morgan fingerprint density at radius 3 is 2.45 bits per heavy atom. The van der Waals surface area contributed by atoms with E-state index >= 15 is 0 Å². The van der Waals surface area contributed by atoms with Crippen LogP contribution in [-0.4, -0.2) is 62.1 Å². The fourth-order valence-electron chi connectivity index (χ4n) is 3.97. The van der Waals surface area contributed by atoms with Crippen LogP contribution in [-0.2, 0) is 20.6 Å². The largest absolute Gasteiger partial charge is 0.467 e. The molecule has 29 heavy (non-hydrogen) atoms. The lowest BCUT2D eigenvalue weighted by atomic mass is 10.2. The highest BCUT2D eigenvalue weighted by Crippen LogP contribution is 2.20. The van der Waals surface area contributed by atoms with E-state index in [4.69, 9.17) is 4.42 Å². The van der Waals surface area contributed by atoms with Gasteiger partial charge in [-0.2, -0.15) is 0 Å². The average Bonchev–Trinajstić information content (AvgIpc) is 3.39. The Hall–Kier alpha value is -3.07. The Bertz CT molecular complexity index is 1160. The molecule has 0 atom stereocenters. The average molecular weight is 399 g/mol. The maximum Gasteiger partial charge on any atom is 0.332 e. The molecule has 0 N–H and O–H groups in total. The monoisotopic (exact) mass is 399 g/mol. The van der Waals surface area contributed by atoms with Crippen molar-refractivity contribution >= 4 is 16.9 Å². The van der Waals surface area contributed by atoms with E-state index in [9.17, 15) is 14.4 Å². The highest BCUT2D eigenvalue weighted by Gasteiger charge is 2.27. The molecule has 4 heterocycles. The lowest BCUT2D eigenvalue weighted by Gasteiger charge is -2.34. The molecule has 3 aromatic heterocycles. The molecule has 0 unspecified atom stereocenters. The predicted octanol–water partition coefficient (Wildman–Crippen LogP) is 0.458. The number of furan rings is 1. The number of aryl methyl sites for hydroxylation is 1. The Kier molecular flexibility index (Phi) is 4.91. The molecular formula is C20H25N5O4. The van der Waals surface area contributed by atoms with Crippen molar-refractivity contribution in [2.75, 3.05) is 32.7 Å². The number of amides is 1. The summed E-state index contributed by atoms with van der Waals surface area (Å²) in [7, 11) is 3.05. The second-order valence-corrected chi connectivity index (χ2v) is 7.36. The molecule has 0 aliphatic carbocycles. The molecule has 9 heteroatoms. The van der Waals surface area contributed by atoms with E-state index in [-0.39, 0.29) is 12.5 Å². The van der Waals surface area contributed by atoms with Crippen LogP contribution >= 0.6 is 0 Å². The highest BCUT2D eigenvalue weighted by molar-refractivity contribution is 5.98. The third-order valence-corrected chi connectivity index (χ3v) is 5.71. The van der Waals surface area contributed by atoms with Gasteiger partial charge >= 0.3 is 5.69 Å². The molecule has 9 nitrogen and oxygen atoms in total. The molecule has 1 saturated heterocycles. The molecule has 4 rings (SSSR count). The first-order valence-electron chi connectivity index (χ1n) is 9.75. The molecule has 0 aromatic carbocycles.